The summed E-state index contributed by atoms with van der Waals surface area (Å²) >= 11 is 0. The minimum atomic E-state index is 0.690. The number of pyridine rings is 1. The van der Waals surface area contributed by atoms with Crippen molar-refractivity contribution in [2.75, 3.05) is 19.7 Å². The van der Waals surface area contributed by atoms with Gasteiger partial charge in [0, 0.05) is 25.0 Å². The van der Waals surface area contributed by atoms with E-state index in [1.807, 2.05) is 24.4 Å². The van der Waals surface area contributed by atoms with Gasteiger partial charge < -0.3 is 10.1 Å². The van der Waals surface area contributed by atoms with Crippen LogP contribution in [0.15, 0.2) is 54.7 Å². The first-order valence-corrected chi connectivity index (χ1v) is 8.38. The maximum atomic E-state index is 5.72. The van der Waals surface area contributed by atoms with Crippen molar-refractivity contribution in [3.05, 3.63) is 71.6 Å². The summed E-state index contributed by atoms with van der Waals surface area (Å²) in [6, 6.07) is 14.6. The van der Waals surface area contributed by atoms with Crippen molar-refractivity contribution in [2.24, 2.45) is 0 Å². The SMILES string of the molecule is C1=C(c2ccc(CCCOCc3ccccc3)nc2)CCNC1. The third-order valence-electron chi connectivity index (χ3n) is 4.09. The van der Waals surface area contributed by atoms with Gasteiger partial charge in [-0.3, -0.25) is 4.98 Å². The van der Waals surface area contributed by atoms with Gasteiger partial charge >= 0.3 is 0 Å². The molecule has 1 aromatic carbocycles. The predicted molar refractivity (Wildman–Crippen MR) is 94.1 cm³/mol. The first-order chi connectivity index (χ1) is 11.4. The van der Waals surface area contributed by atoms with Crippen LogP contribution in [0.5, 0.6) is 0 Å². The van der Waals surface area contributed by atoms with Crippen LogP contribution >= 0.6 is 0 Å². The molecule has 120 valence electrons. The smallest absolute Gasteiger partial charge is 0.0716 e. The summed E-state index contributed by atoms with van der Waals surface area (Å²) in [5.41, 5.74) is 5.04. The molecule has 1 aromatic heterocycles. The highest BCUT2D eigenvalue weighted by molar-refractivity contribution is 5.65. The predicted octanol–water partition coefficient (Wildman–Crippen LogP) is 3.61. The summed E-state index contributed by atoms with van der Waals surface area (Å²) in [5, 5.41) is 3.34. The quantitative estimate of drug-likeness (QED) is 0.794. The van der Waals surface area contributed by atoms with E-state index in [9.17, 15) is 0 Å². The van der Waals surface area contributed by atoms with Gasteiger partial charge in [-0.1, -0.05) is 42.5 Å². The zero-order valence-electron chi connectivity index (χ0n) is 13.5. The maximum absolute atomic E-state index is 5.72. The molecule has 1 aliphatic heterocycles. The monoisotopic (exact) mass is 308 g/mol. The number of aromatic nitrogens is 1. The highest BCUT2D eigenvalue weighted by Crippen LogP contribution is 2.19. The van der Waals surface area contributed by atoms with E-state index in [4.69, 9.17) is 4.74 Å². The van der Waals surface area contributed by atoms with Gasteiger partial charge in [-0.05, 0) is 48.6 Å². The minimum Gasteiger partial charge on any atom is -0.377 e. The Kier molecular flexibility index (Phi) is 5.95. The molecule has 0 radical (unpaired) electrons. The maximum Gasteiger partial charge on any atom is 0.0716 e. The normalized spacial score (nSPS) is 14.5. The Morgan fingerprint density at radius 2 is 2.00 bits per heavy atom. The van der Waals surface area contributed by atoms with Gasteiger partial charge in [0.2, 0.25) is 0 Å². The van der Waals surface area contributed by atoms with Crippen molar-refractivity contribution < 1.29 is 4.74 Å². The Morgan fingerprint density at radius 1 is 1.09 bits per heavy atom. The molecule has 0 atom stereocenters. The van der Waals surface area contributed by atoms with E-state index in [2.05, 4.69) is 40.6 Å². The van der Waals surface area contributed by atoms with Crippen LogP contribution in [0.1, 0.15) is 29.7 Å². The Bertz CT molecular complexity index is 620. The Morgan fingerprint density at radius 3 is 2.74 bits per heavy atom. The average Bonchev–Trinajstić information content (AvgIpc) is 2.64. The fourth-order valence-corrected chi connectivity index (χ4v) is 2.77. The summed E-state index contributed by atoms with van der Waals surface area (Å²) in [7, 11) is 0. The van der Waals surface area contributed by atoms with Gasteiger partial charge in [-0.2, -0.15) is 0 Å². The van der Waals surface area contributed by atoms with Crippen LogP contribution in [-0.4, -0.2) is 24.7 Å². The highest BCUT2D eigenvalue weighted by atomic mass is 16.5. The number of hydrogen-bond acceptors (Lipinski definition) is 3. The molecule has 0 spiro atoms. The Balaban J connectivity index is 1.39. The molecule has 0 saturated carbocycles. The molecule has 0 unspecified atom stereocenters. The molecule has 0 aliphatic carbocycles. The van der Waals surface area contributed by atoms with Crippen LogP contribution in [0.3, 0.4) is 0 Å². The van der Waals surface area contributed by atoms with Crippen LogP contribution in [0, 0.1) is 0 Å². The van der Waals surface area contributed by atoms with Crippen LogP contribution in [0.2, 0.25) is 0 Å². The molecule has 2 aromatic rings. The lowest BCUT2D eigenvalue weighted by molar-refractivity contribution is 0.118. The molecular formula is C20H24N2O. The Hall–Kier alpha value is -1.97. The van der Waals surface area contributed by atoms with Crippen LogP contribution in [0.25, 0.3) is 5.57 Å². The fraction of sp³-hybridized carbons (Fsp3) is 0.350. The summed E-state index contributed by atoms with van der Waals surface area (Å²) < 4.78 is 5.72. The van der Waals surface area contributed by atoms with Crippen molar-refractivity contribution >= 4 is 5.57 Å². The molecule has 3 rings (SSSR count). The molecule has 0 fully saturated rings. The molecule has 3 heteroatoms. The largest absolute Gasteiger partial charge is 0.377 e. The lowest BCUT2D eigenvalue weighted by atomic mass is 10.0. The number of nitrogens with zero attached hydrogens (tertiary/aromatic N) is 1. The number of ether oxygens (including phenoxy) is 1. The van der Waals surface area contributed by atoms with Gasteiger partial charge in [0.25, 0.3) is 0 Å². The Labute approximate surface area is 138 Å². The molecule has 1 aliphatic rings. The summed E-state index contributed by atoms with van der Waals surface area (Å²) in [5.74, 6) is 0. The summed E-state index contributed by atoms with van der Waals surface area (Å²) in [4.78, 5) is 4.59. The van der Waals surface area contributed by atoms with Gasteiger partial charge in [0.05, 0.1) is 6.61 Å². The number of rotatable bonds is 7. The second-order valence-electron chi connectivity index (χ2n) is 5.86. The van der Waals surface area contributed by atoms with E-state index in [1.165, 1.54) is 16.7 Å². The average molecular weight is 308 g/mol. The van der Waals surface area contributed by atoms with E-state index >= 15 is 0 Å². The summed E-state index contributed by atoms with van der Waals surface area (Å²) in [6.45, 7) is 3.49. The fourth-order valence-electron chi connectivity index (χ4n) is 2.77. The minimum absolute atomic E-state index is 0.690. The van der Waals surface area contributed by atoms with Crippen LogP contribution in [-0.2, 0) is 17.8 Å². The third-order valence-corrected chi connectivity index (χ3v) is 4.09. The standard InChI is InChI=1S/C20H24N2O/c1-2-5-17(6-3-1)16-23-14-4-7-20-9-8-19(15-22-20)18-10-12-21-13-11-18/h1-3,5-6,8-10,15,21H,4,7,11-14,16H2. The molecule has 0 bridgehead atoms. The number of aryl methyl sites for hydroxylation is 1. The van der Waals surface area contributed by atoms with E-state index < -0.39 is 0 Å². The van der Waals surface area contributed by atoms with Crippen molar-refractivity contribution in [1.82, 2.24) is 10.3 Å². The lowest BCUT2D eigenvalue weighted by Gasteiger charge is -2.14. The second-order valence-corrected chi connectivity index (χ2v) is 5.86. The van der Waals surface area contributed by atoms with Gasteiger partial charge in [0.1, 0.15) is 0 Å². The number of hydrogen-bond donors (Lipinski definition) is 1. The molecule has 23 heavy (non-hydrogen) atoms. The zero-order valence-corrected chi connectivity index (χ0v) is 13.5. The second kappa shape index (κ2) is 8.61. The third kappa shape index (κ3) is 5.02. The highest BCUT2D eigenvalue weighted by Gasteiger charge is 2.06. The molecule has 0 saturated heterocycles. The molecule has 2 heterocycles. The van der Waals surface area contributed by atoms with Crippen LogP contribution < -0.4 is 5.32 Å². The van der Waals surface area contributed by atoms with E-state index in [0.29, 0.717) is 6.61 Å². The van der Waals surface area contributed by atoms with Crippen LogP contribution in [0.4, 0.5) is 0 Å². The molecular weight excluding hydrogens is 284 g/mol. The van der Waals surface area contributed by atoms with Gasteiger partial charge in [-0.25, -0.2) is 0 Å². The van der Waals surface area contributed by atoms with Crippen molar-refractivity contribution in [3.63, 3.8) is 0 Å². The van der Waals surface area contributed by atoms with Crippen molar-refractivity contribution in [2.45, 2.75) is 25.9 Å². The van der Waals surface area contributed by atoms with E-state index in [-0.39, 0.29) is 0 Å². The zero-order chi connectivity index (χ0) is 15.7. The van der Waals surface area contributed by atoms with E-state index in [0.717, 1.165) is 44.7 Å². The lowest BCUT2D eigenvalue weighted by Crippen LogP contribution is -2.20. The van der Waals surface area contributed by atoms with E-state index in [1.54, 1.807) is 0 Å². The number of benzene rings is 1. The topological polar surface area (TPSA) is 34.1 Å². The number of nitrogens with one attached hydrogen (secondary N) is 1. The summed E-state index contributed by atoms with van der Waals surface area (Å²) in [6.07, 6.45) is 7.34. The van der Waals surface area contributed by atoms with Gasteiger partial charge in [0.15, 0.2) is 0 Å². The first-order valence-electron chi connectivity index (χ1n) is 8.38. The molecule has 3 nitrogen and oxygen atoms in total. The van der Waals surface area contributed by atoms with Gasteiger partial charge in [-0.15, -0.1) is 0 Å². The molecule has 0 amide bonds. The first kappa shape index (κ1) is 15.9. The van der Waals surface area contributed by atoms with Crippen molar-refractivity contribution in [3.8, 4) is 0 Å². The van der Waals surface area contributed by atoms with Crippen molar-refractivity contribution in [1.29, 1.82) is 0 Å². The molecule has 1 N–H and O–H groups in total.